The van der Waals surface area contributed by atoms with Crippen LogP contribution in [0.15, 0.2) is 59.6 Å². The molecular weight excluding hydrogens is 452 g/mol. The molecule has 184 valence electrons. The zero-order chi connectivity index (χ0) is 25.4. The zero-order valence-electron chi connectivity index (χ0n) is 19.1. The summed E-state index contributed by atoms with van der Waals surface area (Å²) < 4.78 is 5.09. The summed E-state index contributed by atoms with van der Waals surface area (Å²) in [6, 6.07) is 13.4. The van der Waals surface area contributed by atoms with Crippen molar-refractivity contribution in [1.82, 2.24) is 10.2 Å². The molecule has 0 saturated carbocycles. The number of ether oxygens (including phenoxy) is 1. The van der Waals surface area contributed by atoms with Crippen molar-refractivity contribution < 1.29 is 23.9 Å². The van der Waals surface area contributed by atoms with Gasteiger partial charge in [-0.25, -0.2) is 9.79 Å². The minimum absolute atomic E-state index is 0.118. The van der Waals surface area contributed by atoms with Crippen molar-refractivity contribution >= 4 is 35.3 Å². The second-order valence-electron chi connectivity index (χ2n) is 8.06. The monoisotopic (exact) mass is 480 g/mol. The summed E-state index contributed by atoms with van der Waals surface area (Å²) in [5.41, 5.74) is 17.6. The number of hydrogen-bond donors (Lipinski definition) is 4. The van der Waals surface area contributed by atoms with Gasteiger partial charge in [0.2, 0.25) is 11.8 Å². The standard InChI is InChI=1S/C24H28N6O5/c25-21(32)19-7-4-12-30(19)22(33)18(13-15-5-2-1-3-6-15)29-20(31)14-35-23(34)16-8-10-17(11-9-16)28-24(26)27/h1-3,5-6,8-11,18-19H,4,7,12-14H2,(H2,25,32)(H,29,31)(H4,26,27,28)/t18-,19-/m0/s1. The van der Waals surface area contributed by atoms with E-state index >= 15 is 0 Å². The second kappa shape index (κ2) is 11.6. The summed E-state index contributed by atoms with van der Waals surface area (Å²) in [4.78, 5) is 55.2. The van der Waals surface area contributed by atoms with E-state index in [1.165, 1.54) is 29.2 Å². The van der Waals surface area contributed by atoms with E-state index in [0.717, 1.165) is 5.56 Å². The van der Waals surface area contributed by atoms with E-state index in [1.807, 2.05) is 30.3 Å². The van der Waals surface area contributed by atoms with Crippen LogP contribution in [0.5, 0.6) is 0 Å². The quantitative estimate of drug-likeness (QED) is 0.220. The first-order valence-electron chi connectivity index (χ1n) is 11.0. The lowest BCUT2D eigenvalue weighted by molar-refractivity contribution is -0.141. The van der Waals surface area contributed by atoms with Gasteiger partial charge in [0, 0.05) is 13.0 Å². The van der Waals surface area contributed by atoms with E-state index < -0.39 is 42.4 Å². The molecule has 1 heterocycles. The van der Waals surface area contributed by atoms with Gasteiger partial charge in [-0.2, -0.15) is 0 Å². The lowest BCUT2D eigenvalue weighted by Crippen LogP contribution is -2.54. The van der Waals surface area contributed by atoms with Crippen LogP contribution < -0.4 is 22.5 Å². The Kier molecular flexibility index (Phi) is 8.38. The van der Waals surface area contributed by atoms with Crippen molar-refractivity contribution in [2.24, 2.45) is 22.2 Å². The smallest absolute Gasteiger partial charge is 0.338 e. The minimum atomic E-state index is -0.956. The fourth-order valence-electron chi connectivity index (χ4n) is 3.85. The topological polar surface area (TPSA) is 183 Å². The Hall–Kier alpha value is -4.41. The van der Waals surface area contributed by atoms with E-state index in [9.17, 15) is 19.2 Å². The maximum Gasteiger partial charge on any atom is 0.338 e. The molecule has 35 heavy (non-hydrogen) atoms. The lowest BCUT2D eigenvalue weighted by Gasteiger charge is -2.28. The van der Waals surface area contributed by atoms with Crippen LogP contribution >= 0.6 is 0 Å². The number of aliphatic imine (C=N–C) groups is 1. The molecule has 2 atom stereocenters. The second-order valence-corrected chi connectivity index (χ2v) is 8.06. The molecule has 1 fully saturated rings. The highest BCUT2D eigenvalue weighted by atomic mass is 16.5. The van der Waals surface area contributed by atoms with Crippen molar-refractivity contribution in [3.8, 4) is 0 Å². The minimum Gasteiger partial charge on any atom is -0.452 e. The number of carbonyl (C=O) groups excluding carboxylic acids is 4. The number of benzene rings is 2. The van der Waals surface area contributed by atoms with E-state index in [1.54, 1.807) is 0 Å². The predicted molar refractivity (Wildman–Crippen MR) is 128 cm³/mol. The predicted octanol–water partition coefficient (Wildman–Crippen LogP) is -0.0479. The number of likely N-dealkylation sites (tertiary alicyclic amines) is 1. The average molecular weight is 481 g/mol. The van der Waals surface area contributed by atoms with Gasteiger partial charge in [-0.1, -0.05) is 30.3 Å². The van der Waals surface area contributed by atoms with Gasteiger partial charge in [0.15, 0.2) is 12.6 Å². The van der Waals surface area contributed by atoms with Crippen molar-refractivity contribution in [1.29, 1.82) is 0 Å². The molecule has 11 nitrogen and oxygen atoms in total. The van der Waals surface area contributed by atoms with Crippen LogP contribution in [0.1, 0.15) is 28.8 Å². The van der Waals surface area contributed by atoms with Gasteiger partial charge in [0.25, 0.3) is 5.91 Å². The molecule has 2 aromatic rings. The van der Waals surface area contributed by atoms with Crippen molar-refractivity contribution in [2.75, 3.05) is 13.2 Å². The van der Waals surface area contributed by atoms with Crippen LogP contribution in [0.3, 0.4) is 0 Å². The highest BCUT2D eigenvalue weighted by molar-refractivity contribution is 5.94. The molecule has 0 aliphatic carbocycles. The molecular formula is C24H28N6O5. The molecule has 2 aromatic carbocycles. The molecule has 3 rings (SSSR count). The first kappa shape index (κ1) is 25.2. The van der Waals surface area contributed by atoms with Crippen LogP contribution in [0.25, 0.3) is 0 Å². The van der Waals surface area contributed by atoms with Gasteiger partial charge in [-0.3, -0.25) is 14.4 Å². The normalized spacial score (nSPS) is 15.7. The fraction of sp³-hybridized carbons (Fsp3) is 0.292. The number of rotatable bonds is 9. The summed E-state index contributed by atoms with van der Waals surface area (Å²) >= 11 is 0. The van der Waals surface area contributed by atoms with Crippen LogP contribution in [-0.2, 0) is 25.5 Å². The molecule has 11 heteroatoms. The lowest BCUT2D eigenvalue weighted by atomic mass is 10.0. The molecule has 7 N–H and O–H groups in total. The molecule has 0 unspecified atom stereocenters. The molecule has 1 aliphatic heterocycles. The molecule has 0 spiro atoms. The Morgan fingerprint density at radius 2 is 1.71 bits per heavy atom. The van der Waals surface area contributed by atoms with Gasteiger partial charge in [0.05, 0.1) is 11.3 Å². The molecule has 3 amide bonds. The van der Waals surface area contributed by atoms with E-state index in [-0.39, 0.29) is 17.9 Å². The highest BCUT2D eigenvalue weighted by Gasteiger charge is 2.36. The summed E-state index contributed by atoms with van der Waals surface area (Å²) in [5.74, 6) is -2.49. The van der Waals surface area contributed by atoms with Gasteiger partial charge in [-0.05, 0) is 42.7 Å². The largest absolute Gasteiger partial charge is 0.452 e. The SMILES string of the molecule is NC(=O)[C@@H]1CCCN1C(=O)[C@H](Cc1ccccc1)NC(=O)COC(=O)c1ccc(N=C(N)N)cc1. The summed E-state index contributed by atoms with van der Waals surface area (Å²) in [5, 5.41) is 2.63. The Balaban J connectivity index is 1.64. The molecule has 0 aromatic heterocycles. The van der Waals surface area contributed by atoms with Gasteiger partial charge in [-0.15, -0.1) is 0 Å². The van der Waals surface area contributed by atoms with Gasteiger partial charge in [0.1, 0.15) is 12.1 Å². The van der Waals surface area contributed by atoms with Crippen molar-refractivity contribution in [3.05, 3.63) is 65.7 Å². The summed E-state index contributed by atoms with van der Waals surface area (Å²) in [6.07, 6.45) is 1.32. The number of nitrogens with zero attached hydrogens (tertiary/aromatic N) is 2. The third-order valence-electron chi connectivity index (χ3n) is 5.48. The number of nitrogens with one attached hydrogen (secondary N) is 1. The Labute approximate surface area is 202 Å². The Morgan fingerprint density at radius 3 is 2.34 bits per heavy atom. The van der Waals surface area contributed by atoms with Crippen molar-refractivity contribution in [3.63, 3.8) is 0 Å². The van der Waals surface area contributed by atoms with Crippen molar-refractivity contribution in [2.45, 2.75) is 31.3 Å². The average Bonchev–Trinajstić information content (AvgIpc) is 3.33. The van der Waals surface area contributed by atoms with E-state index in [0.29, 0.717) is 25.1 Å². The number of nitrogens with two attached hydrogens (primary N) is 3. The third kappa shape index (κ3) is 7.03. The highest BCUT2D eigenvalue weighted by Crippen LogP contribution is 2.19. The van der Waals surface area contributed by atoms with E-state index in [4.69, 9.17) is 21.9 Å². The number of primary amides is 1. The van der Waals surface area contributed by atoms with Crippen LogP contribution in [0.4, 0.5) is 5.69 Å². The molecule has 1 saturated heterocycles. The zero-order valence-corrected chi connectivity index (χ0v) is 19.1. The number of guanidine groups is 1. The fourth-order valence-corrected chi connectivity index (χ4v) is 3.85. The molecule has 0 radical (unpaired) electrons. The Morgan fingerprint density at radius 1 is 1.03 bits per heavy atom. The number of esters is 1. The van der Waals surface area contributed by atoms with Crippen LogP contribution in [0.2, 0.25) is 0 Å². The van der Waals surface area contributed by atoms with Gasteiger partial charge >= 0.3 is 5.97 Å². The summed E-state index contributed by atoms with van der Waals surface area (Å²) in [7, 11) is 0. The maximum absolute atomic E-state index is 13.2. The van der Waals surface area contributed by atoms with E-state index in [2.05, 4.69) is 10.3 Å². The first-order chi connectivity index (χ1) is 16.7. The summed E-state index contributed by atoms with van der Waals surface area (Å²) in [6.45, 7) is -0.218. The van der Waals surface area contributed by atoms with Gasteiger partial charge < -0.3 is 32.2 Å². The molecule has 1 aliphatic rings. The maximum atomic E-state index is 13.2. The number of hydrogen-bond acceptors (Lipinski definition) is 6. The molecule has 0 bridgehead atoms. The number of carbonyl (C=O) groups is 4. The first-order valence-corrected chi connectivity index (χ1v) is 11.0. The van der Waals surface area contributed by atoms with Crippen LogP contribution in [-0.4, -0.2) is 59.8 Å². The third-order valence-corrected chi connectivity index (χ3v) is 5.48. The number of amides is 3. The van der Waals surface area contributed by atoms with Crippen LogP contribution in [0, 0.1) is 0 Å². The Bertz CT molecular complexity index is 1100.